The fourth-order valence-electron chi connectivity index (χ4n) is 4.45. The molecule has 6 heteroatoms. The molecule has 1 spiro atoms. The third-order valence-electron chi connectivity index (χ3n) is 6.22. The molecule has 2 saturated heterocycles. The standard InChI is InChI=1S/C22H35N3O3/c1-5-11-25-12-9-22(10-13-25)16-21(2,27)19(15-28-22)23-20(26)17-7-6-8-18(14-17)24(3)4/h6-8,14,19,27H,5,9-13,15-16H2,1-4H3,(H,23,26)/t19-,21-/m0/s1. The van der Waals surface area contributed by atoms with Crippen LogP contribution in [0.25, 0.3) is 0 Å². The number of ether oxygens (including phenoxy) is 1. The van der Waals surface area contributed by atoms with E-state index in [2.05, 4.69) is 17.1 Å². The van der Waals surface area contributed by atoms with Crippen LogP contribution in [0, 0.1) is 0 Å². The second kappa shape index (κ2) is 8.39. The molecule has 0 saturated carbocycles. The summed E-state index contributed by atoms with van der Waals surface area (Å²) in [6.07, 6.45) is 3.60. The summed E-state index contributed by atoms with van der Waals surface area (Å²) in [6, 6.07) is 7.08. The van der Waals surface area contributed by atoms with Gasteiger partial charge in [-0.05, 0) is 50.9 Å². The Morgan fingerprint density at radius 1 is 1.36 bits per heavy atom. The van der Waals surface area contributed by atoms with Gasteiger partial charge < -0.3 is 25.0 Å². The van der Waals surface area contributed by atoms with E-state index in [0.29, 0.717) is 18.6 Å². The Bertz CT molecular complexity index is 681. The third-order valence-corrected chi connectivity index (χ3v) is 6.22. The Morgan fingerprint density at radius 2 is 2.07 bits per heavy atom. The Morgan fingerprint density at radius 3 is 2.68 bits per heavy atom. The molecule has 0 bridgehead atoms. The van der Waals surface area contributed by atoms with Crippen molar-refractivity contribution in [2.24, 2.45) is 0 Å². The Balaban J connectivity index is 1.62. The van der Waals surface area contributed by atoms with Gasteiger partial charge in [-0.3, -0.25) is 4.79 Å². The van der Waals surface area contributed by atoms with Crippen molar-refractivity contribution in [3.63, 3.8) is 0 Å². The molecule has 2 heterocycles. The lowest BCUT2D eigenvalue weighted by Crippen LogP contribution is -2.63. The van der Waals surface area contributed by atoms with Gasteiger partial charge in [-0.2, -0.15) is 0 Å². The smallest absolute Gasteiger partial charge is 0.251 e. The molecule has 6 nitrogen and oxygen atoms in total. The molecule has 2 fully saturated rings. The molecule has 0 aromatic heterocycles. The molecular weight excluding hydrogens is 354 g/mol. The minimum Gasteiger partial charge on any atom is -0.388 e. The molecule has 0 aliphatic carbocycles. The van der Waals surface area contributed by atoms with Crippen molar-refractivity contribution in [3.8, 4) is 0 Å². The number of hydrogen-bond donors (Lipinski definition) is 2. The fourth-order valence-corrected chi connectivity index (χ4v) is 4.45. The van der Waals surface area contributed by atoms with E-state index in [9.17, 15) is 9.90 Å². The van der Waals surface area contributed by atoms with Crippen molar-refractivity contribution in [1.82, 2.24) is 10.2 Å². The van der Waals surface area contributed by atoms with Crippen LogP contribution in [0.3, 0.4) is 0 Å². The molecule has 0 unspecified atom stereocenters. The minimum absolute atomic E-state index is 0.175. The van der Waals surface area contributed by atoms with Gasteiger partial charge in [0.2, 0.25) is 0 Å². The highest BCUT2D eigenvalue weighted by Crippen LogP contribution is 2.39. The van der Waals surface area contributed by atoms with Crippen LogP contribution in [0.4, 0.5) is 5.69 Å². The number of hydrogen-bond acceptors (Lipinski definition) is 5. The van der Waals surface area contributed by atoms with E-state index in [1.165, 1.54) is 0 Å². The zero-order valence-corrected chi connectivity index (χ0v) is 17.7. The summed E-state index contributed by atoms with van der Waals surface area (Å²) in [5.41, 5.74) is 0.312. The highest BCUT2D eigenvalue weighted by Gasteiger charge is 2.49. The number of carbonyl (C=O) groups is 1. The van der Waals surface area contributed by atoms with E-state index in [-0.39, 0.29) is 11.5 Å². The molecular formula is C22H35N3O3. The van der Waals surface area contributed by atoms with Crippen molar-refractivity contribution >= 4 is 11.6 Å². The number of amides is 1. The number of benzene rings is 1. The first-order chi connectivity index (χ1) is 13.2. The van der Waals surface area contributed by atoms with Crippen LogP contribution in [0.5, 0.6) is 0 Å². The lowest BCUT2D eigenvalue weighted by molar-refractivity contribution is -0.186. The third kappa shape index (κ3) is 4.67. The van der Waals surface area contributed by atoms with Crippen molar-refractivity contribution in [1.29, 1.82) is 0 Å². The van der Waals surface area contributed by atoms with Gasteiger partial charge in [0.05, 0.1) is 23.9 Å². The molecule has 0 radical (unpaired) electrons. The largest absolute Gasteiger partial charge is 0.388 e. The maximum atomic E-state index is 12.8. The summed E-state index contributed by atoms with van der Waals surface area (Å²) in [4.78, 5) is 17.2. The fraction of sp³-hybridized carbons (Fsp3) is 0.682. The average Bonchev–Trinajstić information content (AvgIpc) is 2.66. The van der Waals surface area contributed by atoms with E-state index < -0.39 is 11.6 Å². The van der Waals surface area contributed by atoms with Crippen molar-refractivity contribution in [3.05, 3.63) is 29.8 Å². The van der Waals surface area contributed by atoms with Crippen LogP contribution in [0.15, 0.2) is 24.3 Å². The second-order valence-electron chi connectivity index (χ2n) is 8.84. The van der Waals surface area contributed by atoms with Crippen LogP contribution in [0.1, 0.15) is 49.9 Å². The molecule has 2 N–H and O–H groups in total. The lowest BCUT2D eigenvalue weighted by Gasteiger charge is -2.51. The number of nitrogens with zero attached hydrogens (tertiary/aromatic N) is 2. The van der Waals surface area contributed by atoms with Gasteiger partial charge in [-0.1, -0.05) is 13.0 Å². The van der Waals surface area contributed by atoms with Gasteiger partial charge in [0.25, 0.3) is 5.91 Å². The number of nitrogens with one attached hydrogen (secondary N) is 1. The van der Waals surface area contributed by atoms with E-state index in [1.807, 2.05) is 44.1 Å². The lowest BCUT2D eigenvalue weighted by atomic mass is 9.75. The summed E-state index contributed by atoms with van der Waals surface area (Å²) >= 11 is 0. The maximum Gasteiger partial charge on any atom is 0.251 e. The van der Waals surface area contributed by atoms with E-state index in [4.69, 9.17) is 4.74 Å². The first-order valence-corrected chi connectivity index (χ1v) is 10.4. The van der Waals surface area contributed by atoms with Crippen molar-refractivity contribution in [2.45, 2.75) is 56.8 Å². The number of carbonyl (C=O) groups excluding carboxylic acids is 1. The first kappa shape index (κ1) is 21.1. The summed E-state index contributed by atoms with van der Waals surface area (Å²) in [7, 11) is 3.89. The molecule has 3 rings (SSSR count). The van der Waals surface area contributed by atoms with Gasteiger partial charge in [-0.25, -0.2) is 0 Å². The van der Waals surface area contributed by atoms with Crippen LogP contribution in [-0.4, -0.2) is 73.5 Å². The zero-order chi connectivity index (χ0) is 20.4. The van der Waals surface area contributed by atoms with Crippen molar-refractivity contribution < 1.29 is 14.6 Å². The minimum atomic E-state index is -0.986. The molecule has 2 atom stereocenters. The topological polar surface area (TPSA) is 65.0 Å². The van der Waals surface area contributed by atoms with E-state index >= 15 is 0 Å². The van der Waals surface area contributed by atoms with Gasteiger partial charge in [0.1, 0.15) is 0 Å². The monoisotopic (exact) mass is 389 g/mol. The summed E-state index contributed by atoms with van der Waals surface area (Å²) in [5.74, 6) is -0.175. The van der Waals surface area contributed by atoms with E-state index in [1.54, 1.807) is 6.07 Å². The van der Waals surface area contributed by atoms with Gasteiger partial charge in [-0.15, -0.1) is 0 Å². The van der Waals surface area contributed by atoms with E-state index in [0.717, 1.165) is 44.6 Å². The maximum absolute atomic E-state index is 12.8. The highest BCUT2D eigenvalue weighted by atomic mass is 16.5. The summed E-state index contributed by atoms with van der Waals surface area (Å²) < 4.78 is 6.27. The van der Waals surface area contributed by atoms with Crippen LogP contribution in [-0.2, 0) is 4.74 Å². The van der Waals surface area contributed by atoms with Gasteiger partial charge in [0.15, 0.2) is 0 Å². The van der Waals surface area contributed by atoms with Gasteiger partial charge >= 0.3 is 0 Å². The Labute approximate surface area is 168 Å². The normalized spacial score (nSPS) is 27.5. The number of piperidine rings is 1. The second-order valence-corrected chi connectivity index (χ2v) is 8.84. The number of anilines is 1. The first-order valence-electron chi connectivity index (χ1n) is 10.4. The molecule has 1 amide bonds. The van der Waals surface area contributed by atoms with Crippen LogP contribution in [0.2, 0.25) is 0 Å². The molecule has 2 aliphatic rings. The van der Waals surface area contributed by atoms with Gasteiger partial charge in [0, 0.05) is 44.9 Å². The number of aliphatic hydroxyl groups is 1. The Hall–Kier alpha value is -1.63. The molecule has 1 aromatic rings. The molecule has 28 heavy (non-hydrogen) atoms. The Kier molecular flexibility index (Phi) is 6.32. The average molecular weight is 390 g/mol. The predicted octanol–water partition coefficient (Wildman–Crippen LogP) is 2.27. The van der Waals surface area contributed by atoms with Crippen molar-refractivity contribution in [2.75, 3.05) is 45.2 Å². The van der Waals surface area contributed by atoms with Crippen LogP contribution >= 0.6 is 0 Å². The SMILES string of the molecule is CCCN1CCC2(CC1)C[C@](C)(O)[C@@H](NC(=O)c1cccc(N(C)C)c1)CO2. The molecule has 156 valence electrons. The quantitative estimate of drug-likeness (QED) is 0.809. The predicted molar refractivity (Wildman–Crippen MR) is 112 cm³/mol. The summed E-state index contributed by atoms with van der Waals surface area (Å²) in [5, 5.41) is 14.1. The highest BCUT2D eigenvalue weighted by molar-refractivity contribution is 5.95. The summed E-state index contributed by atoms with van der Waals surface area (Å²) in [6.45, 7) is 7.53. The zero-order valence-electron chi connectivity index (χ0n) is 17.7. The molecule has 2 aliphatic heterocycles. The molecule has 1 aromatic carbocycles. The van der Waals surface area contributed by atoms with Crippen LogP contribution < -0.4 is 10.2 Å². The number of likely N-dealkylation sites (tertiary alicyclic amines) is 1. The number of rotatable bonds is 5.